The first-order chi connectivity index (χ1) is 16.8. The number of hydrogen-bond acceptors (Lipinski definition) is 3. The molecule has 35 heavy (non-hydrogen) atoms. The zero-order valence-corrected chi connectivity index (χ0v) is 22.1. The highest BCUT2D eigenvalue weighted by atomic mass is 16.2. The molecule has 188 valence electrons. The lowest BCUT2D eigenvalue weighted by Crippen LogP contribution is -2.51. The smallest absolute Gasteiger partial charge is 0.222 e. The second-order valence-electron chi connectivity index (χ2n) is 10.8. The number of rotatable bonds is 9. The molecule has 5 nitrogen and oxygen atoms in total. The second-order valence-corrected chi connectivity index (χ2v) is 10.8. The van der Waals surface area contributed by atoms with Crippen LogP contribution in [0.1, 0.15) is 50.2 Å². The number of nitrogens with zero attached hydrogens (tertiary/aromatic N) is 3. The average molecular weight is 475 g/mol. The quantitative estimate of drug-likeness (QED) is 0.457. The van der Waals surface area contributed by atoms with Crippen LogP contribution in [0.4, 0.5) is 0 Å². The van der Waals surface area contributed by atoms with Gasteiger partial charge in [0.1, 0.15) is 0 Å². The molecular weight excluding hydrogens is 432 g/mol. The highest BCUT2D eigenvalue weighted by Gasteiger charge is 2.38. The van der Waals surface area contributed by atoms with E-state index in [4.69, 9.17) is 0 Å². The number of aromatic nitrogens is 1. The van der Waals surface area contributed by atoms with Crippen molar-refractivity contribution >= 4 is 16.8 Å². The number of aromatic amines is 1. The van der Waals surface area contributed by atoms with Crippen LogP contribution in [-0.2, 0) is 10.3 Å². The Labute approximate surface area is 211 Å². The van der Waals surface area contributed by atoms with Crippen molar-refractivity contribution in [1.29, 1.82) is 0 Å². The van der Waals surface area contributed by atoms with Crippen molar-refractivity contribution in [2.45, 2.75) is 44.6 Å². The third kappa shape index (κ3) is 5.46. The van der Waals surface area contributed by atoms with E-state index in [1.807, 2.05) is 11.9 Å². The van der Waals surface area contributed by atoms with Crippen molar-refractivity contribution in [3.05, 3.63) is 71.9 Å². The number of H-pyrrole nitrogens is 1. The van der Waals surface area contributed by atoms with Gasteiger partial charge in [-0.05, 0) is 56.0 Å². The molecule has 4 rings (SSSR count). The van der Waals surface area contributed by atoms with Crippen molar-refractivity contribution in [3.8, 4) is 0 Å². The van der Waals surface area contributed by atoms with Crippen molar-refractivity contribution < 1.29 is 4.79 Å². The summed E-state index contributed by atoms with van der Waals surface area (Å²) in [6, 6.07) is 19.3. The molecule has 1 saturated heterocycles. The molecule has 1 fully saturated rings. The monoisotopic (exact) mass is 474 g/mol. The molecule has 1 aromatic heterocycles. The molecule has 3 aromatic rings. The van der Waals surface area contributed by atoms with E-state index in [9.17, 15) is 4.79 Å². The van der Waals surface area contributed by atoms with Gasteiger partial charge < -0.3 is 14.8 Å². The van der Waals surface area contributed by atoms with Gasteiger partial charge >= 0.3 is 0 Å². The van der Waals surface area contributed by atoms with Crippen LogP contribution in [0.3, 0.4) is 0 Å². The highest BCUT2D eigenvalue weighted by Crippen LogP contribution is 2.37. The molecule has 2 heterocycles. The first kappa shape index (κ1) is 25.5. The first-order valence-corrected chi connectivity index (χ1v) is 13.1. The predicted molar refractivity (Wildman–Crippen MR) is 146 cm³/mol. The molecule has 0 radical (unpaired) electrons. The summed E-state index contributed by atoms with van der Waals surface area (Å²) in [6.07, 6.45) is 4.86. The van der Waals surface area contributed by atoms with Gasteiger partial charge in [0.2, 0.25) is 5.91 Å². The molecule has 5 heteroatoms. The van der Waals surface area contributed by atoms with E-state index in [0.29, 0.717) is 12.3 Å². The summed E-state index contributed by atoms with van der Waals surface area (Å²) in [4.78, 5) is 23.5. The number of benzene rings is 2. The fraction of sp³-hybridized carbons (Fsp3) is 0.500. The number of piperidine rings is 1. The molecule has 1 amide bonds. The minimum absolute atomic E-state index is 0.100. The average Bonchev–Trinajstić information content (AvgIpc) is 3.30. The molecular formula is C30H42N4O. The maximum atomic E-state index is 13.2. The van der Waals surface area contributed by atoms with Crippen molar-refractivity contribution in [2.24, 2.45) is 5.92 Å². The Bertz CT molecular complexity index is 1100. The lowest BCUT2D eigenvalue weighted by atomic mass is 9.80. The molecule has 1 aliphatic rings. The Morgan fingerprint density at radius 1 is 1.00 bits per heavy atom. The van der Waals surface area contributed by atoms with Gasteiger partial charge in [-0.3, -0.25) is 9.69 Å². The second kappa shape index (κ2) is 11.0. The number of para-hydroxylation sites is 1. The fourth-order valence-electron chi connectivity index (χ4n) is 5.75. The van der Waals surface area contributed by atoms with Crippen LogP contribution in [0.5, 0.6) is 0 Å². The van der Waals surface area contributed by atoms with Crippen LogP contribution in [0.15, 0.2) is 60.8 Å². The number of likely N-dealkylation sites (tertiary alicyclic amines) is 1. The third-order valence-electron chi connectivity index (χ3n) is 8.25. The number of carbonyl (C=O) groups is 1. The Balaban J connectivity index is 1.33. The number of hydrogen-bond donors (Lipinski definition) is 1. The zero-order valence-electron chi connectivity index (χ0n) is 22.1. The molecule has 2 aromatic carbocycles. The predicted octanol–water partition coefficient (Wildman–Crippen LogP) is 5.31. The lowest BCUT2D eigenvalue weighted by Gasteiger charge is -2.47. The molecule has 1 unspecified atom stereocenters. The van der Waals surface area contributed by atoms with Gasteiger partial charge in [0.05, 0.1) is 0 Å². The van der Waals surface area contributed by atoms with Crippen LogP contribution in [0, 0.1) is 5.92 Å². The topological polar surface area (TPSA) is 42.6 Å². The van der Waals surface area contributed by atoms with Gasteiger partial charge in [-0.1, -0.05) is 62.4 Å². The number of carbonyl (C=O) groups excluding carboxylic acids is 1. The number of likely N-dealkylation sites (N-methyl/N-ethyl adjacent to an activating group) is 1. The SMILES string of the molecule is CC(C)C(CC(=O)N(C)CCN1CCC(c2ccccc2)(N(C)C)CC1)c1c[nH]c2ccccc12. The molecule has 1 atom stereocenters. The Hall–Kier alpha value is -2.63. The van der Waals surface area contributed by atoms with Crippen LogP contribution in [0.2, 0.25) is 0 Å². The molecule has 0 spiro atoms. The van der Waals surface area contributed by atoms with Crippen LogP contribution < -0.4 is 0 Å². The maximum absolute atomic E-state index is 13.2. The summed E-state index contributed by atoms with van der Waals surface area (Å²) in [5.41, 5.74) is 3.91. The fourth-order valence-corrected chi connectivity index (χ4v) is 5.75. The summed E-state index contributed by atoms with van der Waals surface area (Å²) in [7, 11) is 6.37. The molecule has 1 aliphatic heterocycles. The van der Waals surface area contributed by atoms with Crippen molar-refractivity contribution in [3.63, 3.8) is 0 Å². The van der Waals surface area contributed by atoms with Crippen molar-refractivity contribution in [1.82, 2.24) is 19.7 Å². The molecule has 0 aliphatic carbocycles. The molecule has 0 saturated carbocycles. The van der Waals surface area contributed by atoms with Gasteiger partial charge in [0, 0.05) is 62.3 Å². The number of amides is 1. The normalized spacial score (nSPS) is 17.2. The van der Waals surface area contributed by atoms with Gasteiger partial charge in [0.15, 0.2) is 0 Å². The standard InChI is InChI=1S/C30H42N4O/c1-23(2)26(27-22-31-28-14-10-9-13-25(27)28)21-29(35)33(5)19-20-34-17-15-30(16-18-34,32(3)4)24-11-7-6-8-12-24/h6-14,22-23,26,31H,15-21H2,1-5H3. The molecule has 1 N–H and O–H groups in total. The summed E-state index contributed by atoms with van der Waals surface area (Å²) in [5.74, 6) is 0.839. The minimum atomic E-state index is 0.100. The van der Waals surface area contributed by atoms with Gasteiger partial charge in [-0.2, -0.15) is 0 Å². The summed E-state index contributed by atoms with van der Waals surface area (Å²) in [5, 5.41) is 1.23. The van der Waals surface area contributed by atoms with E-state index in [0.717, 1.165) is 44.5 Å². The van der Waals surface area contributed by atoms with Crippen LogP contribution >= 0.6 is 0 Å². The van der Waals surface area contributed by atoms with Crippen molar-refractivity contribution in [2.75, 3.05) is 47.3 Å². The van der Waals surface area contributed by atoms with Crippen LogP contribution in [-0.4, -0.2) is 72.9 Å². The molecule has 0 bridgehead atoms. The Morgan fingerprint density at radius 3 is 2.31 bits per heavy atom. The number of nitrogens with one attached hydrogen (secondary N) is 1. The third-order valence-corrected chi connectivity index (χ3v) is 8.25. The Kier molecular flexibility index (Phi) is 7.98. The van der Waals surface area contributed by atoms with Gasteiger partial charge in [-0.25, -0.2) is 0 Å². The van der Waals surface area contributed by atoms with Crippen LogP contribution in [0.25, 0.3) is 10.9 Å². The van der Waals surface area contributed by atoms with E-state index in [-0.39, 0.29) is 17.4 Å². The summed E-state index contributed by atoms with van der Waals surface area (Å²) >= 11 is 0. The summed E-state index contributed by atoms with van der Waals surface area (Å²) < 4.78 is 0. The maximum Gasteiger partial charge on any atom is 0.222 e. The van der Waals surface area contributed by atoms with Gasteiger partial charge in [0.25, 0.3) is 0 Å². The van der Waals surface area contributed by atoms with E-state index >= 15 is 0 Å². The van der Waals surface area contributed by atoms with E-state index < -0.39 is 0 Å². The number of fused-ring (bicyclic) bond motifs is 1. The first-order valence-electron chi connectivity index (χ1n) is 13.1. The largest absolute Gasteiger partial charge is 0.361 e. The van der Waals surface area contributed by atoms with E-state index in [1.54, 1.807) is 0 Å². The Morgan fingerprint density at radius 2 is 1.66 bits per heavy atom. The van der Waals surface area contributed by atoms with E-state index in [1.165, 1.54) is 16.5 Å². The lowest BCUT2D eigenvalue weighted by molar-refractivity contribution is -0.130. The van der Waals surface area contributed by atoms with E-state index in [2.05, 4.69) is 104 Å². The highest BCUT2D eigenvalue weighted by molar-refractivity contribution is 5.85. The van der Waals surface area contributed by atoms with Gasteiger partial charge in [-0.15, -0.1) is 0 Å². The zero-order chi connectivity index (χ0) is 25.0. The summed E-state index contributed by atoms with van der Waals surface area (Å²) in [6.45, 7) is 8.25. The minimum Gasteiger partial charge on any atom is -0.361 e.